The molecule has 21 heavy (non-hydrogen) atoms. The third-order valence-electron chi connectivity index (χ3n) is 6.75. The van der Waals surface area contributed by atoms with Gasteiger partial charge in [0.25, 0.3) is 0 Å². The van der Waals surface area contributed by atoms with Crippen LogP contribution in [0.3, 0.4) is 0 Å². The second kappa shape index (κ2) is 4.00. The molecule has 5 aliphatic rings. The molecule has 5 heteroatoms. The molecule has 7 atom stereocenters. The molecule has 1 saturated carbocycles. The van der Waals surface area contributed by atoms with Gasteiger partial charge in [-0.15, -0.1) is 0 Å². The van der Waals surface area contributed by atoms with E-state index in [-0.39, 0.29) is 17.3 Å². The van der Waals surface area contributed by atoms with Gasteiger partial charge in [-0.05, 0) is 32.1 Å². The van der Waals surface area contributed by atoms with Crippen molar-refractivity contribution in [3.05, 3.63) is 0 Å². The Morgan fingerprint density at radius 1 is 1.10 bits per heavy atom. The van der Waals surface area contributed by atoms with Crippen LogP contribution in [0.15, 0.2) is 0 Å². The van der Waals surface area contributed by atoms with E-state index in [1.54, 1.807) is 0 Å². The zero-order valence-electron chi connectivity index (χ0n) is 13.2. The zero-order valence-corrected chi connectivity index (χ0v) is 13.2. The van der Waals surface area contributed by atoms with Crippen molar-refractivity contribution >= 4 is 5.97 Å². The fourth-order valence-corrected chi connectivity index (χ4v) is 5.05. The van der Waals surface area contributed by atoms with Gasteiger partial charge in [-0.2, -0.15) is 0 Å². The molecule has 5 rings (SSSR count). The summed E-state index contributed by atoms with van der Waals surface area (Å²) < 4.78 is 11.7. The van der Waals surface area contributed by atoms with E-state index in [2.05, 4.69) is 13.8 Å². The highest BCUT2D eigenvalue weighted by Crippen LogP contribution is 2.65. The molecular formula is C16H24O5. The van der Waals surface area contributed by atoms with E-state index in [0.717, 1.165) is 25.7 Å². The molecule has 0 radical (unpaired) electrons. The number of fused-ring (bicyclic) bond motifs is 2. The van der Waals surface area contributed by atoms with Crippen molar-refractivity contribution in [1.29, 1.82) is 0 Å². The average molecular weight is 296 g/mol. The third-order valence-corrected chi connectivity index (χ3v) is 6.75. The number of carbonyl (C=O) groups excluding carboxylic acids is 1. The Labute approximate surface area is 125 Å². The van der Waals surface area contributed by atoms with Gasteiger partial charge in [0.1, 0.15) is 0 Å². The summed E-state index contributed by atoms with van der Waals surface area (Å²) in [6.45, 7) is 8.22. The summed E-state index contributed by atoms with van der Waals surface area (Å²) in [4.78, 5) is 24.0. The van der Waals surface area contributed by atoms with Crippen LogP contribution in [0.1, 0.15) is 53.4 Å². The minimum atomic E-state index is -0.811. The molecule has 0 unspecified atom stereocenters. The molecule has 2 bridgehead atoms. The van der Waals surface area contributed by atoms with Crippen molar-refractivity contribution < 1.29 is 24.0 Å². The molecule has 5 fully saturated rings. The summed E-state index contributed by atoms with van der Waals surface area (Å²) in [5, 5.41) is 0. The van der Waals surface area contributed by atoms with Crippen LogP contribution >= 0.6 is 0 Å². The van der Waals surface area contributed by atoms with Crippen molar-refractivity contribution in [2.45, 2.75) is 71.1 Å². The number of ether oxygens (including phenoxy) is 2. The fraction of sp³-hybridized carbons (Fsp3) is 0.938. The maximum absolute atomic E-state index is 12.3. The summed E-state index contributed by atoms with van der Waals surface area (Å²) in [7, 11) is 0. The van der Waals surface area contributed by atoms with Gasteiger partial charge in [0.15, 0.2) is 5.60 Å². The molecule has 4 saturated heterocycles. The molecule has 4 aliphatic heterocycles. The van der Waals surface area contributed by atoms with Crippen LogP contribution in [0.5, 0.6) is 0 Å². The highest BCUT2D eigenvalue weighted by molar-refractivity contribution is 5.75. The van der Waals surface area contributed by atoms with Crippen LogP contribution in [0.4, 0.5) is 0 Å². The fourth-order valence-electron chi connectivity index (χ4n) is 5.05. The van der Waals surface area contributed by atoms with E-state index in [1.807, 2.05) is 13.8 Å². The molecule has 0 aromatic rings. The highest BCUT2D eigenvalue weighted by Gasteiger charge is 2.74. The van der Waals surface area contributed by atoms with Gasteiger partial charge in [-0.3, -0.25) is 4.79 Å². The van der Waals surface area contributed by atoms with Crippen molar-refractivity contribution in [2.75, 3.05) is 0 Å². The molecule has 1 aliphatic carbocycles. The van der Waals surface area contributed by atoms with E-state index >= 15 is 0 Å². The largest absolute Gasteiger partial charge is 0.432 e. The van der Waals surface area contributed by atoms with Crippen molar-refractivity contribution in [3.8, 4) is 0 Å². The molecule has 0 aromatic carbocycles. The first-order valence-corrected chi connectivity index (χ1v) is 8.08. The lowest BCUT2D eigenvalue weighted by Crippen LogP contribution is -2.74. The summed E-state index contributed by atoms with van der Waals surface area (Å²) in [5.74, 6) is -0.396. The molecule has 0 N–H and O–H groups in total. The Hall–Kier alpha value is -0.650. The number of rotatable bonds is 0. The van der Waals surface area contributed by atoms with Gasteiger partial charge >= 0.3 is 5.97 Å². The maximum atomic E-state index is 12.3. The maximum Gasteiger partial charge on any atom is 0.311 e. The molecule has 1 spiro atoms. The minimum absolute atomic E-state index is 0.179. The Morgan fingerprint density at radius 2 is 1.86 bits per heavy atom. The molecule has 118 valence electrons. The Bertz CT molecular complexity index is 493. The molecular weight excluding hydrogens is 272 g/mol. The molecule has 4 heterocycles. The monoisotopic (exact) mass is 296 g/mol. The Morgan fingerprint density at radius 3 is 2.62 bits per heavy atom. The van der Waals surface area contributed by atoms with E-state index in [1.165, 1.54) is 0 Å². The lowest BCUT2D eigenvalue weighted by molar-refractivity contribution is -0.568. The van der Waals surface area contributed by atoms with Crippen LogP contribution in [0.25, 0.3) is 0 Å². The second-order valence-corrected chi connectivity index (χ2v) is 7.78. The first-order valence-electron chi connectivity index (χ1n) is 8.08. The SMILES string of the molecule is C[C@@H]1CC[C@@]2(C)[C@@H](C)C(=O)O[C@@H]3O[C@]4(C)CC[C@@H]1[C@]32OO4. The van der Waals surface area contributed by atoms with Crippen LogP contribution in [-0.2, 0) is 24.0 Å². The molecule has 0 amide bonds. The van der Waals surface area contributed by atoms with Gasteiger partial charge in [0.2, 0.25) is 12.1 Å². The Kier molecular flexibility index (Phi) is 2.66. The van der Waals surface area contributed by atoms with Gasteiger partial charge < -0.3 is 9.47 Å². The van der Waals surface area contributed by atoms with Crippen molar-refractivity contribution in [2.24, 2.45) is 23.2 Å². The van der Waals surface area contributed by atoms with E-state index in [9.17, 15) is 4.79 Å². The average Bonchev–Trinajstić information content (AvgIpc) is 2.67. The summed E-state index contributed by atoms with van der Waals surface area (Å²) in [6, 6.07) is 0. The van der Waals surface area contributed by atoms with E-state index in [4.69, 9.17) is 19.2 Å². The van der Waals surface area contributed by atoms with Crippen molar-refractivity contribution in [1.82, 2.24) is 0 Å². The van der Waals surface area contributed by atoms with Gasteiger partial charge in [0, 0.05) is 17.8 Å². The predicted molar refractivity (Wildman–Crippen MR) is 72.7 cm³/mol. The van der Waals surface area contributed by atoms with Crippen molar-refractivity contribution in [3.63, 3.8) is 0 Å². The van der Waals surface area contributed by atoms with E-state index in [0.29, 0.717) is 11.8 Å². The van der Waals surface area contributed by atoms with Crippen LogP contribution in [-0.4, -0.2) is 23.6 Å². The van der Waals surface area contributed by atoms with Gasteiger partial charge in [0.05, 0.1) is 5.92 Å². The quantitative estimate of drug-likeness (QED) is 0.508. The molecule has 0 aromatic heterocycles. The van der Waals surface area contributed by atoms with Crippen LogP contribution in [0, 0.1) is 23.2 Å². The standard InChI is InChI=1S/C16H24O5/c1-9-5-7-14(3)10(2)12(17)18-13-16(14)11(9)6-8-15(4,19-13)20-21-16/h9-11,13H,5-8H2,1-4H3/t9-,10+,11+,13-,14+,15+,16+/m1/s1. The topological polar surface area (TPSA) is 54.0 Å². The van der Waals surface area contributed by atoms with Gasteiger partial charge in [-0.25, -0.2) is 9.78 Å². The smallest absolute Gasteiger partial charge is 0.311 e. The third kappa shape index (κ3) is 1.50. The highest BCUT2D eigenvalue weighted by atomic mass is 17.3. The molecule has 5 nitrogen and oxygen atoms in total. The lowest BCUT2D eigenvalue weighted by atomic mass is 9.50. The van der Waals surface area contributed by atoms with Crippen LogP contribution in [0.2, 0.25) is 0 Å². The first-order chi connectivity index (χ1) is 9.82. The number of carbonyl (C=O) groups is 1. The van der Waals surface area contributed by atoms with E-state index < -0.39 is 17.7 Å². The first kappa shape index (κ1) is 14.0. The Balaban J connectivity index is 1.90. The second-order valence-electron chi connectivity index (χ2n) is 7.78. The van der Waals surface area contributed by atoms with Gasteiger partial charge in [-0.1, -0.05) is 20.8 Å². The summed E-state index contributed by atoms with van der Waals surface area (Å²) in [5.41, 5.74) is -0.982. The minimum Gasteiger partial charge on any atom is -0.432 e. The number of esters is 1. The summed E-state index contributed by atoms with van der Waals surface area (Å²) >= 11 is 0. The lowest BCUT2D eigenvalue weighted by Gasteiger charge is -2.63. The normalized spacial score (nSPS) is 59.1. The zero-order chi connectivity index (χ0) is 15.0. The number of hydrogen-bond acceptors (Lipinski definition) is 5. The predicted octanol–water partition coefficient (Wildman–Crippen LogP) is 2.79. The summed E-state index contributed by atoms with van der Waals surface area (Å²) in [6.07, 6.45) is 3.13. The number of hydrogen-bond donors (Lipinski definition) is 0. The van der Waals surface area contributed by atoms with Crippen LogP contribution < -0.4 is 0 Å².